The van der Waals surface area contributed by atoms with Crippen molar-refractivity contribution in [3.8, 4) is 0 Å². The molecular formula is C18H20Cl2N2O3. The number of benzene rings is 1. The highest BCUT2D eigenvalue weighted by Crippen LogP contribution is 2.16. The molecule has 0 spiro atoms. The summed E-state index contributed by atoms with van der Waals surface area (Å²) in [6, 6.07) is 8.41. The number of ether oxygens (including phenoxy) is 1. The fourth-order valence-corrected chi connectivity index (χ4v) is 2.90. The number of ketones is 2. The molecule has 1 aromatic heterocycles. The van der Waals surface area contributed by atoms with Gasteiger partial charge in [-0.25, -0.2) is 0 Å². The number of rotatable bonds is 5. The highest BCUT2D eigenvalue weighted by atomic mass is 35.5. The molecule has 1 aliphatic rings. The first-order chi connectivity index (χ1) is 11.5. The Hall–Kier alpha value is -1.66. The van der Waals surface area contributed by atoms with Crippen molar-refractivity contribution in [3.05, 3.63) is 58.4 Å². The lowest BCUT2D eigenvalue weighted by atomic mass is 10.1. The number of aromatic nitrogens is 1. The molecule has 5 nitrogen and oxygen atoms in total. The number of morpholine rings is 1. The zero-order valence-corrected chi connectivity index (χ0v) is 15.5. The molecule has 0 bridgehead atoms. The van der Waals surface area contributed by atoms with Crippen molar-refractivity contribution in [2.45, 2.75) is 0 Å². The Morgan fingerprint density at radius 2 is 1.76 bits per heavy atom. The fraction of sp³-hybridized carbons (Fsp3) is 0.333. The summed E-state index contributed by atoms with van der Waals surface area (Å²) in [5.74, 6) is -0.109. The minimum absolute atomic E-state index is 0. The second kappa shape index (κ2) is 8.63. The monoisotopic (exact) mass is 382 g/mol. The molecule has 3 rings (SSSR count). The zero-order valence-electron chi connectivity index (χ0n) is 13.9. The SMILES string of the molecule is Cl.Cn1cc(C(=O)c2ccc(Cl)cc2)cc1C(=O)CN1CCOCC1. The van der Waals surface area contributed by atoms with Gasteiger partial charge in [-0.2, -0.15) is 0 Å². The van der Waals surface area contributed by atoms with E-state index in [2.05, 4.69) is 4.90 Å². The van der Waals surface area contributed by atoms with E-state index in [1.165, 1.54) is 0 Å². The van der Waals surface area contributed by atoms with E-state index in [-0.39, 0.29) is 24.0 Å². The number of nitrogens with zero attached hydrogens (tertiary/aromatic N) is 2. The van der Waals surface area contributed by atoms with Crippen molar-refractivity contribution in [3.63, 3.8) is 0 Å². The maximum Gasteiger partial charge on any atom is 0.194 e. The van der Waals surface area contributed by atoms with Crippen LogP contribution < -0.4 is 0 Å². The molecule has 1 fully saturated rings. The summed E-state index contributed by atoms with van der Waals surface area (Å²) >= 11 is 5.85. The van der Waals surface area contributed by atoms with E-state index in [1.54, 1.807) is 48.1 Å². The molecule has 1 saturated heterocycles. The van der Waals surface area contributed by atoms with Gasteiger partial charge in [-0.1, -0.05) is 11.6 Å². The Morgan fingerprint density at radius 3 is 2.40 bits per heavy atom. The van der Waals surface area contributed by atoms with Gasteiger partial charge in [0.25, 0.3) is 0 Å². The predicted molar refractivity (Wildman–Crippen MR) is 99.1 cm³/mol. The van der Waals surface area contributed by atoms with Gasteiger partial charge in [-0.15, -0.1) is 12.4 Å². The highest BCUT2D eigenvalue weighted by Gasteiger charge is 2.20. The van der Waals surface area contributed by atoms with Crippen LogP contribution >= 0.6 is 24.0 Å². The number of hydrogen-bond acceptors (Lipinski definition) is 4. The maximum atomic E-state index is 12.5. The molecule has 2 heterocycles. The van der Waals surface area contributed by atoms with Crippen LogP contribution in [0, 0.1) is 0 Å². The second-order valence-electron chi connectivity index (χ2n) is 5.87. The smallest absolute Gasteiger partial charge is 0.194 e. The van der Waals surface area contributed by atoms with Gasteiger partial charge < -0.3 is 9.30 Å². The van der Waals surface area contributed by atoms with Gasteiger partial charge in [-0.3, -0.25) is 14.5 Å². The molecule has 2 aromatic rings. The third kappa shape index (κ3) is 4.70. The minimum Gasteiger partial charge on any atom is -0.379 e. The summed E-state index contributed by atoms with van der Waals surface area (Å²) in [6.45, 7) is 3.16. The van der Waals surface area contributed by atoms with Crippen molar-refractivity contribution >= 4 is 35.6 Å². The van der Waals surface area contributed by atoms with Crippen molar-refractivity contribution in [1.29, 1.82) is 0 Å². The van der Waals surface area contributed by atoms with Crippen LogP contribution in [0.3, 0.4) is 0 Å². The molecule has 1 aromatic carbocycles. The van der Waals surface area contributed by atoms with Crippen LogP contribution in [0.1, 0.15) is 26.4 Å². The molecule has 134 valence electrons. The summed E-state index contributed by atoms with van der Waals surface area (Å²) in [5, 5.41) is 0.584. The van der Waals surface area contributed by atoms with E-state index < -0.39 is 0 Å². The van der Waals surface area contributed by atoms with Crippen LogP contribution in [0.15, 0.2) is 36.5 Å². The first-order valence-corrected chi connectivity index (χ1v) is 8.22. The van der Waals surface area contributed by atoms with E-state index in [9.17, 15) is 9.59 Å². The largest absolute Gasteiger partial charge is 0.379 e. The molecule has 0 unspecified atom stereocenters. The van der Waals surface area contributed by atoms with E-state index in [0.717, 1.165) is 13.1 Å². The van der Waals surface area contributed by atoms with E-state index in [4.69, 9.17) is 16.3 Å². The number of halogens is 2. The Kier molecular flexibility index (Phi) is 6.79. The van der Waals surface area contributed by atoms with Crippen LogP contribution in [0.5, 0.6) is 0 Å². The Morgan fingerprint density at radius 1 is 1.12 bits per heavy atom. The van der Waals surface area contributed by atoms with Crippen molar-refractivity contribution in [1.82, 2.24) is 9.47 Å². The predicted octanol–water partition coefficient (Wildman–Crippen LogP) is 2.85. The summed E-state index contributed by atoms with van der Waals surface area (Å²) in [7, 11) is 1.78. The first-order valence-electron chi connectivity index (χ1n) is 7.84. The minimum atomic E-state index is -0.118. The van der Waals surface area contributed by atoms with Gasteiger partial charge >= 0.3 is 0 Å². The lowest BCUT2D eigenvalue weighted by molar-refractivity contribution is 0.0369. The molecule has 7 heteroatoms. The van der Waals surface area contributed by atoms with Crippen LogP contribution in [-0.2, 0) is 11.8 Å². The van der Waals surface area contributed by atoms with Crippen LogP contribution in [-0.4, -0.2) is 53.9 Å². The van der Waals surface area contributed by atoms with E-state index in [0.29, 0.717) is 41.6 Å². The third-order valence-corrected chi connectivity index (χ3v) is 4.38. The number of Topliss-reactive ketones (excluding diaryl/α,β-unsaturated/α-hetero) is 1. The quantitative estimate of drug-likeness (QED) is 0.746. The van der Waals surface area contributed by atoms with Gasteiger partial charge in [0.05, 0.1) is 25.5 Å². The lowest BCUT2D eigenvalue weighted by Crippen LogP contribution is -2.39. The second-order valence-corrected chi connectivity index (χ2v) is 6.31. The number of hydrogen-bond donors (Lipinski definition) is 0. The summed E-state index contributed by atoms with van der Waals surface area (Å²) in [5.41, 5.74) is 1.60. The molecule has 0 radical (unpaired) electrons. The number of carbonyl (C=O) groups is 2. The van der Waals surface area contributed by atoms with E-state index in [1.807, 2.05) is 0 Å². The van der Waals surface area contributed by atoms with Gasteiger partial charge in [-0.05, 0) is 30.3 Å². The summed E-state index contributed by atoms with van der Waals surface area (Å²) in [6.07, 6.45) is 1.70. The van der Waals surface area contributed by atoms with Gasteiger partial charge in [0.15, 0.2) is 11.6 Å². The van der Waals surface area contributed by atoms with Crippen LogP contribution in [0.2, 0.25) is 5.02 Å². The van der Waals surface area contributed by atoms with Crippen LogP contribution in [0.25, 0.3) is 0 Å². The van der Waals surface area contributed by atoms with Gasteiger partial charge in [0.2, 0.25) is 0 Å². The zero-order chi connectivity index (χ0) is 17.1. The van der Waals surface area contributed by atoms with Crippen molar-refractivity contribution < 1.29 is 14.3 Å². The highest BCUT2D eigenvalue weighted by molar-refractivity contribution is 6.30. The molecule has 0 N–H and O–H groups in total. The molecule has 1 aliphatic heterocycles. The van der Waals surface area contributed by atoms with Crippen molar-refractivity contribution in [2.75, 3.05) is 32.8 Å². The summed E-state index contributed by atoms with van der Waals surface area (Å²) < 4.78 is 7.01. The number of aryl methyl sites for hydroxylation is 1. The third-order valence-electron chi connectivity index (χ3n) is 4.13. The Balaban J connectivity index is 0.00000225. The average Bonchev–Trinajstić information content (AvgIpc) is 2.98. The molecule has 25 heavy (non-hydrogen) atoms. The molecular weight excluding hydrogens is 363 g/mol. The van der Waals surface area contributed by atoms with Crippen molar-refractivity contribution in [2.24, 2.45) is 7.05 Å². The molecule has 0 amide bonds. The number of carbonyl (C=O) groups excluding carboxylic acids is 2. The topological polar surface area (TPSA) is 51.5 Å². The Labute approximate surface area is 157 Å². The Bertz CT molecular complexity index is 750. The lowest BCUT2D eigenvalue weighted by Gasteiger charge is -2.25. The van der Waals surface area contributed by atoms with Crippen LogP contribution in [0.4, 0.5) is 0 Å². The molecule has 0 saturated carbocycles. The van der Waals surface area contributed by atoms with Gasteiger partial charge in [0.1, 0.15) is 0 Å². The molecule has 0 aliphatic carbocycles. The van der Waals surface area contributed by atoms with E-state index >= 15 is 0 Å². The normalized spacial score (nSPS) is 14.8. The first kappa shape index (κ1) is 19.7. The fourth-order valence-electron chi connectivity index (χ4n) is 2.78. The molecule has 0 atom stereocenters. The maximum absolute atomic E-state index is 12.5. The average molecular weight is 383 g/mol. The summed E-state index contributed by atoms with van der Waals surface area (Å²) in [4.78, 5) is 27.1. The standard InChI is InChI=1S/C18H19ClN2O3.ClH/c1-20-11-14(18(23)13-2-4-15(19)5-3-13)10-16(20)17(22)12-21-6-8-24-9-7-21;/h2-5,10-11H,6-9,12H2,1H3;1H. The van der Waals surface area contributed by atoms with Gasteiger partial charge in [0, 0.05) is 42.5 Å².